The maximum Gasteiger partial charge on any atom is 0.211 e. The highest BCUT2D eigenvalue weighted by Crippen LogP contribution is 2.23. The van der Waals surface area contributed by atoms with Gasteiger partial charge in [-0.25, -0.2) is 0 Å². The van der Waals surface area contributed by atoms with E-state index < -0.39 is 0 Å². The molecule has 0 unspecified atom stereocenters. The summed E-state index contributed by atoms with van der Waals surface area (Å²) in [7, 11) is 0. The fourth-order valence-electron chi connectivity index (χ4n) is 3.11. The Bertz CT molecular complexity index is 1310. The van der Waals surface area contributed by atoms with Crippen LogP contribution in [0.4, 0.5) is 11.4 Å². The molecule has 0 radical (unpaired) electrons. The van der Waals surface area contributed by atoms with Crippen molar-refractivity contribution in [2.45, 2.75) is 0 Å². The first kappa shape index (κ1) is 24.7. The Morgan fingerprint density at radius 3 is 1.68 bits per heavy atom. The van der Waals surface area contributed by atoms with Crippen molar-refractivity contribution in [3.05, 3.63) is 129 Å². The van der Waals surface area contributed by atoms with E-state index in [0.717, 1.165) is 0 Å². The largest absolute Gasteiger partial charge is 0.398 e. The predicted molar refractivity (Wildman–Crippen MR) is 137 cm³/mol. The number of anilines is 2. The zero-order valence-corrected chi connectivity index (χ0v) is 19.4. The molecule has 0 atom stereocenters. The molecule has 0 bridgehead atoms. The Balaban J connectivity index is 0.000000192. The van der Waals surface area contributed by atoms with E-state index in [-0.39, 0.29) is 11.6 Å². The smallest absolute Gasteiger partial charge is 0.211 e. The molecule has 4 aromatic rings. The molecule has 1 amide bonds. The first-order valence-corrected chi connectivity index (χ1v) is 10.9. The Hall–Kier alpha value is -3.93. The number of nitrogens with two attached hydrogens (primary N) is 1. The molecule has 0 aromatic heterocycles. The Morgan fingerprint density at radius 2 is 1.15 bits per heavy atom. The number of amides is 1. The van der Waals surface area contributed by atoms with Gasteiger partial charge in [0.15, 0.2) is 11.6 Å². The third kappa shape index (κ3) is 6.32. The lowest BCUT2D eigenvalue weighted by Gasteiger charge is -2.08. The number of carbonyl (C=O) groups excluding carboxylic acids is 3. The second-order valence-electron chi connectivity index (χ2n) is 7.07. The number of benzene rings is 4. The lowest BCUT2D eigenvalue weighted by Crippen LogP contribution is -2.06. The van der Waals surface area contributed by atoms with Gasteiger partial charge in [0.1, 0.15) is 0 Å². The van der Waals surface area contributed by atoms with E-state index in [2.05, 4.69) is 5.32 Å². The molecule has 3 N–H and O–H groups in total. The lowest BCUT2D eigenvalue weighted by molar-refractivity contribution is -0.105. The molecule has 0 saturated heterocycles. The van der Waals surface area contributed by atoms with Crippen molar-refractivity contribution in [2.24, 2.45) is 0 Å². The van der Waals surface area contributed by atoms with Gasteiger partial charge >= 0.3 is 0 Å². The molecule has 0 saturated carbocycles. The fraction of sp³-hybridized carbons (Fsp3) is 0. The van der Waals surface area contributed by atoms with Gasteiger partial charge in [-0.3, -0.25) is 14.4 Å². The summed E-state index contributed by atoms with van der Waals surface area (Å²) in [6.07, 6.45) is 0.533. The summed E-state index contributed by atoms with van der Waals surface area (Å²) >= 11 is 11.7. The molecule has 0 aliphatic heterocycles. The Kier molecular flexibility index (Phi) is 8.57. The van der Waals surface area contributed by atoms with Crippen molar-refractivity contribution in [2.75, 3.05) is 11.1 Å². The second-order valence-corrected chi connectivity index (χ2v) is 7.95. The number of ketones is 2. The van der Waals surface area contributed by atoms with Crippen molar-refractivity contribution in [1.82, 2.24) is 0 Å². The van der Waals surface area contributed by atoms with E-state index in [1.165, 1.54) is 0 Å². The van der Waals surface area contributed by atoms with Crippen LogP contribution in [0.3, 0.4) is 0 Å². The van der Waals surface area contributed by atoms with E-state index in [1.807, 2.05) is 24.3 Å². The van der Waals surface area contributed by atoms with Crippen LogP contribution in [-0.4, -0.2) is 18.0 Å². The summed E-state index contributed by atoms with van der Waals surface area (Å²) in [4.78, 5) is 34.9. The Morgan fingerprint density at radius 1 is 0.676 bits per heavy atom. The fourth-order valence-corrected chi connectivity index (χ4v) is 3.45. The van der Waals surface area contributed by atoms with Gasteiger partial charge in [0, 0.05) is 38.0 Å². The zero-order valence-electron chi connectivity index (χ0n) is 17.9. The summed E-state index contributed by atoms with van der Waals surface area (Å²) in [5, 5.41) is 3.45. The van der Waals surface area contributed by atoms with Crippen LogP contribution in [-0.2, 0) is 4.79 Å². The lowest BCUT2D eigenvalue weighted by atomic mass is 10.0. The summed E-state index contributed by atoms with van der Waals surface area (Å²) in [6.45, 7) is 0. The topological polar surface area (TPSA) is 89.3 Å². The molecular weight excluding hydrogens is 471 g/mol. The summed E-state index contributed by atoms with van der Waals surface area (Å²) in [6, 6.07) is 27.5. The van der Waals surface area contributed by atoms with Crippen LogP contribution in [0.5, 0.6) is 0 Å². The van der Waals surface area contributed by atoms with Crippen LogP contribution >= 0.6 is 23.2 Å². The van der Waals surface area contributed by atoms with Gasteiger partial charge in [-0.15, -0.1) is 0 Å². The van der Waals surface area contributed by atoms with Crippen LogP contribution in [0.25, 0.3) is 0 Å². The summed E-state index contributed by atoms with van der Waals surface area (Å²) < 4.78 is 0. The van der Waals surface area contributed by atoms with E-state index in [1.54, 1.807) is 72.8 Å². The van der Waals surface area contributed by atoms with Gasteiger partial charge < -0.3 is 11.1 Å². The van der Waals surface area contributed by atoms with Gasteiger partial charge in [0.05, 0.1) is 5.69 Å². The first-order valence-electron chi connectivity index (χ1n) is 10.1. The highest BCUT2D eigenvalue weighted by molar-refractivity contribution is 6.32. The molecule has 0 aliphatic rings. The Labute approximate surface area is 207 Å². The molecule has 34 heavy (non-hydrogen) atoms. The quantitative estimate of drug-likeness (QED) is 0.188. The molecule has 0 spiro atoms. The van der Waals surface area contributed by atoms with E-state index >= 15 is 0 Å². The average Bonchev–Trinajstić information content (AvgIpc) is 2.87. The van der Waals surface area contributed by atoms with E-state index in [4.69, 9.17) is 28.9 Å². The van der Waals surface area contributed by atoms with Gasteiger partial charge in [0.25, 0.3) is 0 Å². The molecule has 0 heterocycles. The molecule has 170 valence electrons. The average molecular weight is 491 g/mol. The van der Waals surface area contributed by atoms with Gasteiger partial charge in [0.2, 0.25) is 6.41 Å². The normalized spacial score (nSPS) is 9.94. The highest BCUT2D eigenvalue weighted by Gasteiger charge is 2.14. The van der Waals surface area contributed by atoms with Crippen LogP contribution in [0.1, 0.15) is 31.8 Å². The number of nitrogen functional groups attached to an aromatic ring is 1. The zero-order chi connectivity index (χ0) is 24.5. The summed E-state index contributed by atoms with van der Waals surface area (Å²) in [5.74, 6) is -0.289. The molecular formula is C27H20Cl2N2O3. The van der Waals surface area contributed by atoms with Crippen molar-refractivity contribution >= 4 is 52.6 Å². The molecule has 5 nitrogen and oxygen atoms in total. The van der Waals surface area contributed by atoms with Crippen molar-refractivity contribution in [3.63, 3.8) is 0 Å². The van der Waals surface area contributed by atoms with E-state index in [0.29, 0.717) is 50.1 Å². The number of carbonyl (C=O) groups is 3. The third-order valence-electron chi connectivity index (χ3n) is 4.77. The minimum atomic E-state index is -0.178. The molecule has 7 heteroatoms. The second kappa shape index (κ2) is 11.8. The number of nitrogens with one attached hydrogen (secondary N) is 1. The van der Waals surface area contributed by atoms with Crippen LogP contribution in [0.2, 0.25) is 10.0 Å². The first-order chi connectivity index (χ1) is 16.4. The monoisotopic (exact) mass is 490 g/mol. The van der Waals surface area contributed by atoms with Gasteiger partial charge in [-0.2, -0.15) is 0 Å². The van der Waals surface area contributed by atoms with Gasteiger partial charge in [-0.05, 0) is 36.4 Å². The number of rotatable bonds is 6. The standard InChI is InChI=1S/C14H10ClNO2.C13H10ClNO/c15-11-6-7-13(16-9-17)12(8-11)14(18)10-4-2-1-3-5-10;14-10-6-7-12(15)11(8-10)13(16)9-4-2-1-3-5-9/h1-9H,(H,16,17);1-8H,15H2. The van der Waals surface area contributed by atoms with Crippen LogP contribution in [0, 0.1) is 0 Å². The highest BCUT2D eigenvalue weighted by atomic mass is 35.5. The molecule has 4 aromatic carbocycles. The predicted octanol–water partition coefficient (Wildman–Crippen LogP) is 6.29. The molecule has 4 rings (SSSR count). The van der Waals surface area contributed by atoms with Crippen LogP contribution in [0.15, 0.2) is 97.1 Å². The van der Waals surface area contributed by atoms with E-state index in [9.17, 15) is 14.4 Å². The number of halogens is 2. The van der Waals surface area contributed by atoms with Crippen LogP contribution < -0.4 is 11.1 Å². The molecule has 0 aliphatic carbocycles. The SMILES string of the molecule is Nc1ccc(Cl)cc1C(=O)c1ccccc1.O=CNc1ccc(Cl)cc1C(=O)c1ccccc1. The molecule has 0 fully saturated rings. The van der Waals surface area contributed by atoms with Crippen molar-refractivity contribution < 1.29 is 14.4 Å². The minimum absolute atomic E-state index is 0.111. The van der Waals surface area contributed by atoms with Gasteiger partial charge in [-0.1, -0.05) is 83.9 Å². The van der Waals surface area contributed by atoms with Crippen molar-refractivity contribution in [3.8, 4) is 0 Å². The third-order valence-corrected chi connectivity index (χ3v) is 5.24. The maximum atomic E-state index is 12.3. The number of hydrogen-bond donors (Lipinski definition) is 2. The maximum absolute atomic E-state index is 12.3. The number of hydrogen-bond acceptors (Lipinski definition) is 4. The minimum Gasteiger partial charge on any atom is -0.398 e. The van der Waals surface area contributed by atoms with Crippen molar-refractivity contribution in [1.29, 1.82) is 0 Å². The summed E-state index contributed by atoms with van der Waals surface area (Å²) in [5.41, 5.74) is 8.62.